The third kappa shape index (κ3) is 4.97. The largest absolute Gasteiger partial charge is 0.444 e. The van der Waals surface area contributed by atoms with E-state index < -0.39 is 17.7 Å². The van der Waals surface area contributed by atoms with Crippen LogP contribution in [0.15, 0.2) is 10.6 Å². The maximum absolute atomic E-state index is 12.4. The molecule has 0 radical (unpaired) electrons. The Morgan fingerprint density at radius 3 is 2.78 bits per heavy atom. The smallest absolute Gasteiger partial charge is 0.410 e. The van der Waals surface area contributed by atoms with Crippen molar-refractivity contribution < 1.29 is 18.8 Å². The second kappa shape index (κ2) is 7.02. The summed E-state index contributed by atoms with van der Waals surface area (Å²) in [6.07, 6.45) is 2.00. The first-order valence-corrected chi connectivity index (χ1v) is 7.96. The molecular weight excluding hydrogens is 298 g/mol. The Morgan fingerprint density at radius 1 is 1.43 bits per heavy atom. The van der Waals surface area contributed by atoms with Gasteiger partial charge in [0.1, 0.15) is 11.6 Å². The maximum Gasteiger partial charge on any atom is 0.410 e. The molecule has 2 heterocycles. The van der Waals surface area contributed by atoms with Crippen LogP contribution in [0, 0.1) is 6.92 Å². The van der Waals surface area contributed by atoms with Gasteiger partial charge in [0.15, 0.2) is 5.76 Å². The molecule has 0 saturated carbocycles. The van der Waals surface area contributed by atoms with Crippen LogP contribution in [0.5, 0.6) is 0 Å². The molecule has 2 rings (SSSR count). The molecule has 128 valence electrons. The lowest BCUT2D eigenvalue weighted by atomic mass is 10.0. The molecule has 1 aliphatic rings. The molecule has 1 fully saturated rings. The first-order valence-electron chi connectivity index (χ1n) is 7.96. The molecule has 2 amide bonds. The minimum absolute atomic E-state index is 0.190. The van der Waals surface area contributed by atoms with Crippen molar-refractivity contribution >= 4 is 12.0 Å². The van der Waals surface area contributed by atoms with Crippen LogP contribution in [0.25, 0.3) is 0 Å². The van der Waals surface area contributed by atoms with Gasteiger partial charge < -0.3 is 14.6 Å². The second-order valence-corrected chi connectivity index (χ2v) is 6.84. The van der Waals surface area contributed by atoms with Gasteiger partial charge in [-0.2, -0.15) is 0 Å². The zero-order valence-electron chi connectivity index (χ0n) is 14.2. The van der Waals surface area contributed by atoms with Crippen molar-refractivity contribution in [3.05, 3.63) is 17.5 Å². The molecule has 1 saturated heterocycles. The average molecular weight is 323 g/mol. The van der Waals surface area contributed by atoms with E-state index in [0.29, 0.717) is 18.7 Å². The standard InChI is InChI=1S/C16H25N3O4/c1-11-9-12(23-18-11)10-17-14(20)13-7-5-6-8-19(13)15(21)22-16(2,3)4/h9,13H,5-8,10H2,1-4H3,(H,17,20)/t13-/m1/s1. The molecule has 0 bridgehead atoms. The Bertz CT molecular complexity index is 562. The van der Waals surface area contributed by atoms with Crippen molar-refractivity contribution in [1.82, 2.24) is 15.4 Å². The molecule has 1 atom stereocenters. The Hall–Kier alpha value is -2.05. The van der Waals surface area contributed by atoms with Gasteiger partial charge in [-0.3, -0.25) is 9.69 Å². The third-order valence-electron chi connectivity index (χ3n) is 3.55. The van der Waals surface area contributed by atoms with Crippen LogP contribution in [-0.4, -0.2) is 40.2 Å². The summed E-state index contributed by atoms with van der Waals surface area (Å²) in [5.74, 6) is 0.403. The van der Waals surface area contributed by atoms with Crippen LogP contribution in [0.4, 0.5) is 4.79 Å². The minimum atomic E-state index is -0.576. The van der Waals surface area contributed by atoms with Gasteiger partial charge >= 0.3 is 6.09 Å². The van der Waals surface area contributed by atoms with E-state index in [2.05, 4.69) is 10.5 Å². The van der Waals surface area contributed by atoms with Crippen LogP contribution >= 0.6 is 0 Å². The molecule has 7 heteroatoms. The van der Waals surface area contributed by atoms with Crippen molar-refractivity contribution in [2.45, 2.75) is 65.1 Å². The summed E-state index contributed by atoms with van der Waals surface area (Å²) in [6, 6.07) is 1.27. The molecule has 7 nitrogen and oxygen atoms in total. The number of rotatable bonds is 3. The third-order valence-corrected chi connectivity index (χ3v) is 3.55. The number of hydrogen-bond donors (Lipinski definition) is 1. The monoisotopic (exact) mass is 323 g/mol. The van der Waals surface area contributed by atoms with Gasteiger partial charge in [0.25, 0.3) is 0 Å². The van der Waals surface area contributed by atoms with Gasteiger partial charge in [0.2, 0.25) is 5.91 Å². The number of piperidine rings is 1. The quantitative estimate of drug-likeness (QED) is 0.923. The summed E-state index contributed by atoms with van der Waals surface area (Å²) in [7, 11) is 0. The van der Waals surface area contributed by atoms with Gasteiger partial charge in [-0.25, -0.2) is 4.79 Å². The number of nitrogens with one attached hydrogen (secondary N) is 1. The van der Waals surface area contributed by atoms with Crippen molar-refractivity contribution in [3.8, 4) is 0 Å². The average Bonchev–Trinajstić information content (AvgIpc) is 2.88. The lowest BCUT2D eigenvalue weighted by Gasteiger charge is -2.35. The lowest BCUT2D eigenvalue weighted by Crippen LogP contribution is -2.52. The summed E-state index contributed by atoms with van der Waals surface area (Å²) in [5, 5.41) is 6.59. The van der Waals surface area contributed by atoms with Crippen molar-refractivity contribution in [2.24, 2.45) is 0 Å². The first-order chi connectivity index (χ1) is 10.8. The van der Waals surface area contributed by atoms with Gasteiger partial charge in [0, 0.05) is 12.6 Å². The lowest BCUT2D eigenvalue weighted by molar-refractivity contribution is -0.127. The van der Waals surface area contributed by atoms with E-state index in [0.717, 1.165) is 18.5 Å². The summed E-state index contributed by atoms with van der Waals surface area (Å²) in [6.45, 7) is 8.06. The van der Waals surface area contributed by atoms with Gasteiger partial charge in [-0.15, -0.1) is 0 Å². The fourth-order valence-electron chi connectivity index (χ4n) is 2.53. The number of carbonyl (C=O) groups is 2. The molecule has 1 aliphatic heterocycles. The van der Waals surface area contributed by atoms with Crippen LogP contribution in [0.3, 0.4) is 0 Å². The highest BCUT2D eigenvalue weighted by molar-refractivity contribution is 5.85. The maximum atomic E-state index is 12.4. The molecule has 0 unspecified atom stereocenters. The fourth-order valence-corrected chi connectivity index (χ4v) is 2.53. The SMILES string of the molecule is Cc1cc(CNC(=O)[C@H]2CCCCN2C(=O)OC(C)(C)C)on1. The van der Waals surface area contributed by atoms with Gasteiger partial charge in [-0.1, -0.05) is 5.16 Å². The van der Waals surface area contributed by atoms with E-state index in [1.165, 1.54) is 4.90 Å². The van der Waals surface area contributed by atoms with E-state index in [-0.39, 0.29) is 12.5 Å². The number of nitrogens with zero attached hydrogens (tertiary/aromatic N) is 2. The fraction of sp³-hybridized carbons (Fsp3) is 0.688. The number of carbonyl (C=O) groups excluding carboxylic acids is 2. The topological polar surface area (TPSA) is 84.7 Å². The van der Waals surface area contributed by atoms with Crippen molar-refractivity contribution in [3.63, 3.8) is 0 Å². The predicted octanol–water partition coefficient (Wildman–Crippen LogP) is 2.39. The summed E-state index contributed by atoms with van der Waals surface area (Å²) in [5.41, 5.74) is 0.190. The molecule has 1 aromatic rings. The van der Waals surface area contributed by atoms with Crippen molar-refractivity contribution in [2.75, 3.05) is 6.54 Å². The van der Waals surface area contributed by atoms with E-state index in [9.17, 15) is 9.59 Å². The summed E-state index contributed by atoms with van der Waals surface area (Å²) in [4.78, 5) is 26.3. The number of aryl methyl sites for hydroxylation is 1. The Balaban J connectivity index is 1.96. The van der Waals surface area contributed by atoms with Crippen molar-refractivity contribution in [1.29, 1.82) is 0 Å². The Kier molecular flexibility index (Phi) is 5.28. The molecule has 1 aromatic heterocycles. The zero-order valence-corrected chi connectivity index (χ0v) is 14.2. The second-order valence-electron chi connectivity index (χ2n) is 6.84. The zero-order chi connectivity index (χ0) is 17.0. The predicted molar refractivity (Wildman–Crippen MR) is 83.7 cm³/mol. The number of likely N-dealkylation sites (tertiary alicyclic amines) is 1. The Morgan fingerprint density at radius 2 is 2.17 bits per heavy atom. The molecule has 0 spiro atoms. The summed E-state index contributed by atoms with van der Waals surface area (Å²) < 4.78 is 10.5. The summed E-state index contributed by atoms with van der Waals surface area (Å²) >= 11 is 0. The number of ether oxygens (including phenoxy) is 1. The van der Waals surface area contributed by atoms with Gasteiger partial charge in [-0.05, 0) is 47.0 Å². The molecule has 0 aliphatic carbocycles. The highest BCUT2D eigenvalue weighted by atomic mass is 16.6. The molecule has 1 N–H and O–H groups in total. The highest BCUT2D eigenvalue weighted by Crippen LogP contribution is 2.20. The minimum Gasteiger partial charge on any atom is -0.444 e. The number of amides is 2. The van der Waals surface area contributed by atoms with E-state index in [1.807, 2.05) is 27.7 Å². The van der Waals surface area contributed by atoms with Gasteiger partial charge in [0.05, 0.1) is 12.2 Å². The molecule has 0 aromatic carbocycles. The first kappa shape index (κ1) is 17.3. The van der Waals surface area contributed by atoms with Crippen LogP contribution < -0.4 is 5.32 Å². The molecular formula is C16H25N3O4. The van der Waals surface area contributed by atoms with Crippen LogP contribution in [0.2, 0.25) is 0 Å². The normalized spacial score (nSPS) is 18.6. The van der Waals surface area contributed by atoms with E-state index >= 15 is 0 Å². The Labute approximate surface area is 136 Å². The van der Waals surface area contributed by atoms with E-state index in [1.54, 1.807) is 6.07 Å². The number of hydrogen-bond acceptors (Lipinski definition) is 5. The molecule has 23 heavy (non-hydrogen) atoms. The van der Waals surface area contributed by atoms with E-state index in [4.69, 9.17) is 9.26 Å². The van der Waals surface area contributed by atoms with Crippen LogP contribution in [0.1, 0.15) is 51.5 Å². The number of aromatic nitrogens is 1. The highest BCUT2D eigenvalue weighted by Gasteiger charge is 2.34. The van der Waals surface area contributed by atoms with Crippen LogP contribution in [-0.2, 0) is 16.1 Å².